The number of amides is 1. The molecular weight excluding hydrogens is 310 g/mol. The summed E-state index contributed by atoms with van der Waals surface area (Å²) in [4.78, 5) is 28.7. The quantitative estimate of drug-likeness (QED) is 0.544. The number of furan rings is 1. The first-order chi connectivity index (χ1) is 10.5. The molecule has 0 atom stereocenters. The summed E-state index contributed by atoms with van der Waals surface area (Å²) in [6.07, 6.45) is -0.165. The Morgan fingerprint density at radius 2 is 1.57 bits per heavy atom. The van der Waals surface area contributed by atoms with Crippen LogP contribution in [-0.4, -0.2) is 38.3 Å². The second-order valence-electron chi connectivity index (χ2n) is 4.24. The fraction of sp³-hybridized carbons (Fsp3) is 0.214. The molecule has 0 spiro atoms. The number of carboxylic acids is 2. The van der Waals surface area contributed by atoms with Gasteiger partial charge in [-0.3, -0.25) is 14.4 Å². The highest BCUT2D eigenvalue weighted by atomic mass is 16.4. The van der Waals surface area contributed by atoms with E-state index in [0.717, 1.165) is 13.8 Å². The minimum Gasteiger partial charge on any atom is -0.508 e. The molecule has 0 aliphatic rings. The molecule has 0 fully saturated rings. The molecule has 126 valence electrons. The number of carboxylic acid groups (broad SMARTS) is 2. The normalized spacial score (nSPS) is 9.13. The van der Waals surface area contributed by atoms with E-state index >= 15 is 0 Å². The van der Waals surface area contributed by atoms with Gasteiger partial charge in [0.15, 0.2) is 11.5 Å². The highest BCUT2D eigenvalue weighted by molar-refractivity contribution is 5.88. The topological polar surface area (TPSA) is 171 Å². The third-order valence-corrected chi connectivity index (χ3v) is 2.05. The summed E-state index contributed by atoms with van der Waals surface area (Å²) in [6, 6.07) is 4.29. The molecule has 1 amide bonds. The first kappa shape index (κ1) is 19.8. The van der Waals surface area contributed by atoms with Crippen LogP contribution in [0.25, 0.3) is 11.0 Å². The predicted octanol–water partition coefficient (Wildman–Crippen LogP) is 1.05. The van der Waals surface area contributed by atoms with Crippen LogP contribution in [0.15, 0.2) is 22.6 Å². The van der Waals surface area contributed by atoms with Crippen LogP contribution in [0.4, 0.5) is 0 Å². The second-order valence-corrected chi connectivity index (χ2v) is 4.24. The van der Waals surface area contributed by atoms with Crippen molar-refractivity contribution in [2.75, 3.05) is 0 Å². The zero-order chi connectivity index (χ0) is 18.2. The average molecular weight is 327 g/mol. The zero-order valence-electron chi connectivity index (χ0n) is 12.4. The number of phenols is 1. The maximum Gasteiger partial charge on any atom is 0.300 e. The summed E-state index contributed by atoms with van der Waals surface area (Å²) >= 11 is 0. The van der Waals surface area contributed by atoms with E-state index in [1.54, 1.807) is 0 Å². The molecule has 0 radical (unpaired) electrons. The number of rotatable bonds is 2. The molecule has 0 aliphatic heterocycles. The number of carbonyl (C=O) groups is 3. The van der Waals surface area contributed by atoms with Crippen molar-refractivity contribution in [2.45, 2.75) is 20.3 Å². The molecule has 6 N–H and O–H groups in total. The molecule has 2 rings (SSSR count). The van der Waals surface area contributed by atoms with Crippen molar-refractivity contribution in [1.29, 1.82) is 0 Å². The Morgan fingerprint density at radius 3 is 2.00 bits per heavy atom. The van der Waals surface area contributed by atoms with Crippen LogP contribution in [0.2, 0.25) is 0 Å². The molecule has 2 aromatic rings. The van der Waals surface area contributed by atoms with Crippen LogP contribution in [0, 0.1) is 0 Å². The lowest BCUT2D eigenvalue weighted by Gasteiger charge is -1.91. The average Bonchev–Trinajstić information content (AvgIpc) is 2.63. The van der Waals surface area contributed by atoms with Crippen LogP contribution in [-0.2, 0) is 20.8 Å². The van der Waals surface area contributed by atoms with Gasteiger partial charge in [0.1, 0.15) is 11.3 Å². The molecule has 1 aromatic carbocycles. The van der Waals surface area contributed by atoms with Crippen LogP contribution in [0.5, 0.6) is 11.5 Å². The number of fused-ring (bicyclic) bond motifs is 1. The van der Waals surface area contributed by atoms with Crippen molar-refractivity contribution in [3.8, 4) is 11.5 Å². The second kappa shape index (κ2) is 8.93. The molecule has 0 aliphatic carbocycles. The highest BCUT2D eigenvalue weighted by Gasteiger charge is 2.15. The van der Waals surface area contributed by atoms with E-state index < -0.39 is 17.8 Å². The van der Waals surface area contributed by atoms with Gasteiger partial charge in [0.25, 0.3) is 11.9 Å². The molecule has 1 heterocycles. The van der Waals surface area contributed by atoms with E-state index in [9.17, 15) is 15.0 Å². The Balaban J connectivity index is 0.000000509. The third-order valence-electron chi connectivity index (χ3n) is 2.05. The number of hydrogen-bond donors (Lipinski definition) is 5. The van der Waals surface area contributed by atoms with Crippen molar-refractivity contribution in [2.24, 2.45) is 5.73 Å². The van der Waals surface area contributed by atoms with Crippen molar-refractivity contribution in [1.82, 2.24) is 0 Å². The molecule has 0 bridgehead atoms. The molecule has 1 aromatic heterocycles. The summed E-state index contributed by atoms with van der Waals surface area (Å²) in [5.74, 6) is -2.22. The number of aliphatic carboxylic acids is 2. The number of aromatic hydroxyl groups is 2. The Bertz CT molecular complexity index is 684. The Hall–Kier alpha value is -3.23. The SMILES string of the molecule is CC(=O)O.CC(=O)O.NC(=O)Cc1oc2cc(O)ccc2c1O. The molecule has 9 heteroatoms. The van der Waals surface area contributed by atoms with E-state index in [-0.39, 0.29) is 23.7 Å². The summed E-state index contributed by atoms with van der Waals surface area (Å²) in [5.41, 5.74) is 5.31. The van der Waals surface area contributed by atoms with Crippen molar-refractivity contribution < 1.29 is 39.2 Å². The van der Waals surface area contributed by atoms with Gasteiger partial charge in [-0.05, 0) is 12.1 Å². The van der Waals surface area contributed by atoms with E-state index in [0.29, 0.717) is 11.0 Å². The maximum absolute atomic E-state index is 10.7. The Labute approximate surface area is 130 Å². The van der Waals surface area contributed by atoms with Gasteiger partial charge in [-0.25, -0.2) is 0 Å². The van der Waals surface area contributed by atoms with Crippen molar-refractivity contribution in [3.05, 3.63) is 24.0 Å². The lowest BCUT2D eigenvalue weighted by atomic mass is 10.2. The lowest BCUT2D eigenvalue weighted by molar-refractivity contribution is -0.135. The fourth-order valence-corrected chi connectivity index (χ4v) is 1.40. The van der Waals surface area contributed by atoms with Crippen LogP contribution < -0.4 is 5.73 Å². The summed E-state index contributed by atoms with van der Waals surface area (Å²) < 4.78 is 5.18. The Kier molecular flexibility index (Phi) is 7.67. The summed E-state index contributed by atoms with van der Waals surface area (Å²) in [7, 11) is 0. The number of benzene rings is 1. The summed E-state index contributed by atoms with van der Waals surface area (Å²) in [5, 5.41) is 34.1. The van der Waals surface area contributed by atoms with E-state index in [1.165, 1.54) is 18.2 Å². The minimum absolute atomic E-state index is 0.0295. The minimum atomic E-state index is -0.833. The maximum atomic E-state index is 10.7. The molecule has 23 heavy (non-hydrogen) atoms. The monoisotopic (exact) mass is 327 g/mol. The molecule has 0 unspecified atom stereocenters. The van der Waals surface area contributed by atoms with Crippen LogP contribution in [0.1, 0.15) is 19.6 Å². The standard InChI is InChI=1S/C10H9NO4.2C2H4O2/c11-9(13)4-8-10(14)6-2-1-5(12)3-7(6)15-8;2*1-2(3)4/h1-3,12,14H,4H2,(H2,11,13);2*1H3,(H,3,4). The number of nitrogens with two attached hydrogens (primary N) is 1. The van der Waals surface area contributed by atoms with Crippen LogP contribution in [0.3, 0.4) is 0 Å². The first-order valence-electron chi connectivity index (χ1n) is 6.15. The number of hydrogen-bond acceptors (Lipinski definition) is 6. The molecule has 9 nitrogen and oxygen atoms in total. The number of phenolic OH excluding ortho intramolecular Hbond substituents is 1. The third kappa shape index (κ3) is 7.95. The van der Waals surface area contributed by atoms with Gasteiger partial charge in [-0.2, -0.15) is 0 Å². The van der Waals surface area contributed by atoms with E-state index in [1.807, 2.05) is 0 Å². The molecular formula is C14H17NO8. The zero-order valence-corrected chi connectivity index (χ0v) is 12.4. The lowest BCUT2D eigenvalue weighted by Crippen LogP contribution is -2.13. The first-order valence-corrected chi connectivity index (χ1v) is 6.15. The Morgan fingerprint density at radius 1 is 1.09 bits per heavy atom. The van der Waals surface area contributed by atoms with Crippen molar-refractivity contribution >= 4 is 28.8 Å². The largest absolute Gasteiger partial charge is 0.508 e. The highest BCUT2D eigenvalue weighted by Crippen LogP contribution is 2.33. The number of carbonyl (C=O) groups excluding carboxylic acids is 1. The summed E-state index contributed by atoms with van der Waals surface area (Å²) in [6.45, 7) is 2.17. The molecule has 0 saturated carbocycles. The van der Waals surface area contributed by atoms with Gasteiger partial charge < -0.3 is 30.6 Å². The van der Waals surface area contributed by atoms with Gasteiger partial charge in [0.05, 0.1) is 11.8 Å². The van der Waals surface area contributed by atoms with Gasteiger partial charge in [-0.1, -0.05) is 0 Å². The number of primary amides is 1. The van der Waals surface area contributed by atoms with E-state index in [2.05, 4.69) is 0 Å². The van der Waals surface area contributed by atoms with Crippen LogP contribution >= 0.6 is 0 Å². The van der Waals surface area contributed by atoms with Gasteiger partial charge in [-0.15, -0.1) is 0 Å². The van der Waals surface area contributed by atoms with Gasteiger partial charge >= 0.3 is 0 Å². The fourth-order valence-electron chi connectivity index (χ4n) is 1.40. The molecule has 0 saturated heterocycles. The smallest absolute Gasteiger partial charge is 0.300 e. The van der Waals surface area contributed by atoms with Gasteiger partial charge in [0, 0.05) is 19.9 Å². The van der Waals surface area contributed by atoms with Crippen molar-refractivity contribution in [3.63, 3.8) is 0 Å². The van der Waals surface area contributed by atoms with Gasteiger partial charge in [0.2, 0.25) is 5.91 Å². The van der Waals surface area contributed by atoms with E-state index in [4.69, 9.17) is 30.0 Å². The predicted molar refractivity (Wildman–Crippen MR) is 79.1 cm³/mol.